The number of amides is 1. The van der Waals surface area contributed by atoms with Crippen LogP contribution in [0.15, 0.2) is 24.3 Å². The van der Waals surface area contributed by atoms with Crippen molar-refractivity contribution in [3.63, 3.8) is 0 Å². The third-order valence-electron chi connectivity index (χ3n) is 5.18. The van der Waals surface area contributed by atoms with Crippen LogP contribution in [-0.4, -0.2) is 42.9 Å². The van der Waals surface area contributed by atoms with Gasteiger partial charge in [-0.1, -0.05) is 19.9 Å². The van der Waals surface area contributed by atoms with Crippen molar-refractivity contribution >= 4 is 11.6 Å². The molecule has 3 N–H and O–H groups in total. The Bertz CT molecular complexity index is 573. The molecular weight excluding hydrogens is 292 g/mol. The Balaban J connectivity index is 1.69. The van der Waals surface area contributed by atoms with E-state index in [4.69, 9.17) is 9.84 Å². The molecule has 5 heteroatoms. The van der Waals surface area contributed by atoms with E-state index in [0.717, 1.165) is 18.7 Å². The lowest BCUT2D eigenvalue weighted by Gasteiger charge is -2.60. The molecule has 0 bridgehead atoms. The number of nitrogens with one attached hydrogen (secondary N) is 2. The Morgan fingerprint density at radius 1 is 1.43 bits per heavy atom. The quantitative estimate of drug-likeness (QED) is 0.777. The maximum absolute atomic E-state index is 12.0. The van der Waals surface area contributed by atoms with Crippen LogP contribution >= 0.6 is 0 Å². The van der Waals surface area contributed by atoms with Crippen LogP contribution in [-0.2, 0) is 4.74 Å². The van der Waals surface area contributed by atoms with E-state index < -0.39 is 0 Å². The molecule has 2 fully saturated rings. The molecule has 3 rings (SSSR count). The number of carbonyl (C=O) groups is 1. The molecule has 3 unspecified atom stereocenters. The molecule has 0 radical (unpaired) electrons. The van der Waals surface area contributed by atoms with Gasteiger partial charge in [0, 0.05) is 41.8 Å². The van der Waals surface area contributed by atoms with Gasteiger partial charge in [0.05, 0.1) is 12.7 Å². The van der Waals surface area contributed by atoms with E-state index in [2.05, 4.69) is 24.5 Å². The van der Waals surface area contributed by atoms with E-state index in [9.17, 15) is 4.79 Å². The second-order valence-corrected chi connectivity index (χ2v) is 7.10. The molecule has 5 nitrogen and oxygen atoms in total. The molecule has 1 aromatic rings. The molecule has 0 aromatic heterocycles. The number of hydrogen-bond donors (Lipinski definition) is 3. The molecule has 1 aliphatic heterocycles. The van der Waals surface area contributed by atoms with Crippen LogP contribution < -0.4 is 10.6 Å². The summed E-state index contributed by atoms with van der Waals surface area (Å²) in [6.07, 6.45) is 2.66. The summed E-state index contributed by atoms with van der Waals surface area (Å²) in [6.45, 7) is 5.58. The molecule has 1 aromatic carbocycles. The molecule has 1 amide bonds. The number of carbonyl (C=O) groups excluding carboxylic acids is 1. The van der Waals surface area contributed by atoms with Crippen LogP contribution in [0.1, 0.15) is 37.0 Å². The number of anilines is 1. The van der Waals surface area contributed by atoms with E-state index in [0.29, 0.717) is 23.6 Å². The van der Waals surface area contributed by atoms with Crippen LogP contribution in [0.2, 0.25) is 0 Å². The highest BCUT2D eigenvalue weighted by atomic mass is 16.5. The van der Waals surface area contributed by atoms with E-state index in [1.165, 1.54) is 6.42 Å². The monoisotopic (exact) mass is 318 g/mol. The van der Waals surface area contributed by atoms with E-state index in [-0.39, 0.29) is 24.5 Å². The highest BCUT2D eigenvalue weighted by Crippen LogP contribution is 2.52. The largest absolute Gasteiger partial charge is 0.395 e. The zero-order valence-electron chi connectivity index (χ0n) is 13.8. The number of aliphatic hydroxyl groups excluding tert-OH is 1. The number of rotatable bonds is 5. The van der Waals surface area contributed by atoms with Crippen LogP contribution in [0.5, 0.6) is 0 Å². The van der Waals surface area contributed by atoms with Gasteiger partial charge in [0.25, 0.3) is 5.91 Å². The van der Waals surface area contributed by atoms with Gasteiger partial charge in [-0.2, -0.15) is 0 Å². The predicted molar refractivity (Wildman–Crippen MR) is 89.5 cm³/mol. The van der Waals surface area contributed by atoms with Gasteiger partial charge in [-0.3, -0.25) is 4.79 Å². The average molecular weight is 318 g/mol. The SMILES string of the molecule is CC1(C)C(Nc2cccc(C(=O)NCCO)c2)C2CCCOC21. The van der Waals surface area contributed by atoms with Gasteiger partial charge in [-0.15, -0.1) is 0 Å². The van der Waals surface area contributed by atoms with Crippen molar-refractivity contribution in [2.45, 2.75) is 38.8 Å². The fraction of sp³-hybridized carbons (Fsp3) is 0.611. The van der Waals surface area contributed by atoms with Crippen LogP contribution in [0.25, 0.3) is 0 Å². The lowest BCUT2D eigenvalue weighted by Crippen LogP contribution is -2.67. The predicted octanol–water partition coefficient (Wildman–Crippen LogP) is 2.02. The van der Waals surface area contributed by atoms with Crippen molar-refractivity contribution in [2.75, 3.05) is 25.1 Å². The van der Waals surface area contributed by atoms with Crippen molar-refractivity contribution in [3.05, 3.63) is 29.8 Å². The second-order valence-electron chi connectivity index (χ2n) is 7.10. The number of ether oxygens (including phenoxy) is 1. The molecule has 23 heavy (non-hydrogen) atoms. The number of fused-ring (bicyclic) bond motifs is 1. The van der Waals surface area contributed by atoms with Crippen molar-refractivity contribution in [2.24, 2.45) is 11.3 Å². The smallest absolute Gasteiger partial charge is 0.251 e. The summed E-state index contributed by atoms with van der Waals surface area (Å²) in [6, 6.07) is 7.91. The summed E-state index contributed by atoms with van der Waals surface area (Å²) >= 11 is 0. The van der Waals surface area contributed by atoms with Gasteiger partial charge in [-0.25, -0.2) is 0 Å². The Hall–Kier alpha value is -1.59. The van der Waals surface area contributed by atoms with E-state index >= 15 is 0 Å². The van der Waals surface area contributed by atoms with Crippen LogP contribution in [0.3, 0.4) is 0 Å². The van der Waals surface area contributed by atoms with Gasteiger partial charge in [-0.05, 0) is 31.0 Å². The summed E-state index contributed by atoms with van der Waals surface area (Å²) in [7, 11) is 0. The van der Waals surface area contributed by atoms with Crippen molar-refractivity contribution in [1.29, 1.82) is 0 Å². The third-order valence-corrected chi connectivity index (χ3v) is 5.18. The first-order chi connectivity index (χ1) is 11.0. The number of benzene rings is 1. The maximum atomic E-state index is 12.0. The molecule has 1 saturated heterocycles. The highest BCUT2D eigenvalue weighted by molar-refractivity contribution is 5.95. The van der Waals surface area contributed by atoms with Gasteiger partial charge < -0.3 is 20.5 Å². The fourth-order valence-corrected chi connectivity index (χ4v) is 4.02. The molecule has 1 saturated carbocycles. The number of aliphatic hydroxyl groups is 1. The van der Waals surface area contributed by atoms with Gasteiger partial charge in [0.15, 0.2) is 0 Å². The summed E-state index contributed by atoms with van der Waals surface area (Å²) in [5, 5.41) is 15.1. The normalized spacial score (nSPS) is 28.4. The summed E-state index contributed by atoms with van der Waals surface area (Å²) < 4.78 is 5.94. The maximum Gasteiger partial charge on any atom is 0.251 e. The second kappa shape index (κ2) is 6.49. The standard InChI is InChI=1S/C18H26N2O3/c1-18(2)15(14-7-4-10-23-16(14)18)20-13-6-3-5-12(11-13)17(22)19-8-9-21/h3,5-6,11,14-16,20-21H,4,7-10H2,1-2H3,(H,19,22). The Labute approximate surface area is 137 Å². The zero-order valence-corrected chi connectivity index (χ0v) is 13.8. The lowest BCUT2D eigenvalue weighted by atomic mass is 9.55. The minimum absolute atomic E-state index is 0.0526. The first-order valence-corrected chi connectivity index (χ1v) is 8.41. The van der Waals surface area contributed by atoms with Crippen molar-refractivity contribution in [3.8, 4) is 0 Å². The highest BCUT2D eigenvalue weighted by Gasteiger charge is 2.57. The topological polar surface area (TPSA) is 70.6 Å². The fourth-order valence-electron chi connectivity index (χ4n) is 4.02. The first kappa shape index (κ1) is 16.3. The van der Waals surface area contributed by atoms with E-state index in [1.807, 2.05) is 18.2 Å². The molecule has 1 aliphatic carbocycles. The van der Waals surface area contributed by atoms with Gasteiger partial charge in [0.2, 0.25) is 0 Å². The molecular formula is C18H26N2O3. The Morgan fingerprint density at radius 3 is 3.04 bits per heavy atom. The van der Waals surface area contributed by atoms with Crippen LogP contribution in [0, 0.1) is 11.3 Å². The molecule has 0 spiro atoms. The molecule has 3 atom stereocenters. The summed E-state index contributed by atoms with van der Waals surface area (Å²) in [5.74, 6) is 0.389. The minimum Gasteiger partial charge on any atom is -0.395 e. The minimum atomic E-state index is -0.158. The van der Waals surface area contributed by atoms with Gasteiger partial charge in [0.1, 0.15) is 0 Å². The van der Waals surface area contributed by atoms with Crippen molar-refractivity contribution < 1.29 is 14.6 Å². The lowest BCUT2D eigenvalue weighted by molar-refractivity contribution is -0.177. The van der Waals surface area contributed by atoms with Gasteiger partial charge >= 0.3 is 0 Å². The van der Waals surface area contributed by atoms with Crippen molar-refractivity contribution in [1.82, 2.24) is 5.32 Å². The zero-order chi connectivity index (χ0) is 16.4. The molecule has 1 heterocycles. The summed E-state index contributed by atoms with van der Waals surface area (Å²) in [4.78, 5) is 12.0. The number of hydrogen-bond acceptors (Lipinski definition) is 4. The average Bonchev–Trinajstić information content (AvgIpc) is 2.58. The molecule has 126 valence electrons. The summed E-state index contributed by atoms with van der Waals surface area (Å²) in [5.41, 5.74) is 1.67. The Morgan fingerprint density at radius 2 is 2.26 bits per heavy atom. The van der Waals surface area contributed by atoms with Crippen LogP contribution in [0.4, 0.5) is 5.69 Å². The third kappa shape index (κ3) is 3.08. The first-order valence-electron chi connectivity index (χ1n) is 8.41. The van der Waals surface area contributed by atoms with E-state index in [1.54, 1.807) is 6.07 Å². The molecule has 2 aliphatic rings. The Kier molecular flexibility index (Phi) is 4.60.